The van der Waals surface area contributed by atoms with Crippen LogP contribution in [0.5, 0.6) is 5.75 Å². The molecule has 1 unspecified atom stereocenters. The Kier molecular flexibility index (Phi) is 9.37. The van der Waals surface area contributed by atoms with Crippen LogP contribution in [-0.2, 0) is 13.0 Å². The number of ether oxygens (including phenoxy) is 1. The van der Waals surface area contributed by atoms with Gasteiger partial charge in [0.1, 0.15) is 5.75 Å². The molecule has 1 aliphatic heterocycles. The molecule has 0 radical (unpaired) electrons. The first-order valence-electron chi connectivity index (χ1n) is 9.63. The van der Waals surface area contributed by atoms with Crippen LogP contribution in [0.2, 0.25) is 0 Å². The predicted molar refractivity (Wildman–Crippen MR) is 131 cm³/mol. The maximum atomic E-state index is 5.51. The van der Waals surface area contributed by atoms with Crippen molar-refractivity contribution >= 4 is 47.0 Å². The van der Waals surface area contributed by atoms with Gasteiger partial charge in [-0.3, -0.25) is 4.99 Å². The van der Waals surface area contributed by atoms with Gasteiger partial charge in [0.25, 0.3) is 0 Å². The molecular formula is C21H31IN4OS. The highest BCUT2D eigenvalue weighted by molar-refractivity contribution is 14.0. The quantitative estimate of drug-likeness (QED) is 0.332. The number of thiophene rings is 1. The Morgan fingerprint density at radius 2 is 2.00 bits per heavy atom. The lowest BCUT2D eigenvalue weighted by atomic mass is 10.1. The number of hydrogen-bond acceptors (Lipinski definition) is 4. The molecule has 7 heteroatoms. The average molecular weight is 514 g/mol. The van der Waals surface area contributed by atoms with Gasteiger partial charge in [0.2, 0.25) is 0 Å². The van der Waals surface area contributed by atoms with E-state index in [9.17, 15) is 0 Å². The highest BCUT2D eigenvalue weighted by Crippen LogP contribution is 2.31. The van der Waals surface area contributed by atoms with E-state index in [1.165, 1.54) is 21.9 Å². The van der Waals surface area contributed by atoms with Gasteiger partial charge in [-0.2, -0.15) is 0 Å². The van der Waals surface area contributed by atoms with Crippen molar-refractivity contribution in [1.82, 2.24) is 10.6 Å². The van der Waals surface area contributed by atoms with Crippen molar-refractivity contribution in [3.8, 4) is 5.75 Å². The number of aliphatic imine (C=N–C) groups is 1. The molecule has 1 aliphatic rings. The number of hydrogen-bond donors (Lipinski definition) is 2. The Labute approximate surface area is 189 Å². The van der Waals surface area contributed by atoms with Crippen LogP contribution in [0.25, 0.3) is 0 Å². The van der Waals surface area contributed by atoms with Crippen LogP contribution in [0.1, 0.15) is 23.1 Å². The molecular weight excluding hydrogens is 483 g/mol. The van der Waals surface area contributed by atoms with E-state index in [1.807, 2.05) is 30.5 Å². The number of guanidine groups is 1. The second kappa shape index (κ2) is 11.5. The summed E-state index contributed by atoms with van der Waals surface area (Å²) in [5.74, 6) is 2.42. The number of methoxy groups -OCH3 is 1. The van der Waals surface area contributed by atoms with Crippen molar-refractivity contribution in [2.75, 3.05) is 38.7 Å². The van der Waals surface area contributed by atoms with Gasteiger partial charge in [-0.05, 0) is 43.0 Å². The minimum absolute atomic E-state index is 0. The van der Waals surface area contributed by atoms with Gasteiger partial charge in [0.05, 0.1) is 19.3 Å². The van der Waals surface area contributed by atoms with Crippen LogP contribution in [-0.4, -0.2) is 39.8 Å². The Balaban J connectivity index is 0.00000280. The number of halogens is 1. The van der Waals surface area contributed by atoms with Crippen molar-refractivity contribution in [1.29, 1.82) is 0 Å². The van der Waals surface area contributed by atoms with Crippen molar-refractivity contribution < 1.29 is 4.74 Å². The topological polar surface area (TPSA) is 48.9 Å². The van der Waals surface area contributed by atoms with E-state index in [1.54, 1.807) is 7.11 Å². The molecule has 0 bridgehead atoms. The summed E-state index contributed by atoms with van der Waals surface area (Å²) >= 11 is 1.87. The number of benzene rings is 1. The first-order chi connectivity index (χ1) is 13.2. The fraction of sp³-hybridized carbons (Fsp3) is 0.476. The summed E-state index contributed by atoms with van der Waals surface area (Å²) in [7, 11) is 3.57. The summed E-state index contributed by atoms with van der Waals surface area (Å²) in [6.07, 6.45) is 2.27. The van der Waals surface area contributed by atoms with Gasteiger partial charge in [0.15, 0.2) is 5.96 Å². The Bertz CT molecular complexity index is 764. The van der Waals surface area contributed by atoms with E-state index < -0.39 is 0 Å². The van der Waals surface area contributed by atoms with E-state index >= 15 is 0 Å². The fourth-order valence-electron chi connectivity index (χ4n) is 3.45. The molecule has 1 aromatic heterocycles. The zero-order chi connectivity index (χ0) is 19.1. The minimum atomic E-state index is 0. The molecule has 2 N–H and O–H groups in total. The van der Waals surface area contributed by atoms with Gasteiger partial charge < -0.3 is 20.3 Å². The summed E-state index contributed by atoms with van der Waals surface area (Å²) in [5, 5.41) is 6.91. The monoisotopic (exact) mass is 514 g/mol. The lowest BCUT2D eigenvalue weighted by Crippen LogP contribution is -2.39. The number of nitrogens with zero attached hydrogens (tertiary/aromatic N) is 2. The SMILES string of the molecule is CCc1ccc(CNC(=NC)NCC2CCN(c3ccccc3OC)C2)s1.I. The summed E-state index contributed by atoms with van der Waals surface area (Å²) in [6.45, 7) is 6.04. The predicted octanol–water partition coefficient (Wildman–Crippen LogP) is 4.13. The average Bonchev–Trinajstić information content (AvgIpc) is 3.37. The Morgan fingerprint density at radius 1 is 1.21 bits per heavy atom. The Morgan fingerprint density at radius 3 is 2.71 bits per heavy atom. The molecule has 3 rings (SSSR count). The van der Waals surface area contributed by atoms with Crippen LogP contribution >= 0.6 is 35.3 Å². The maximum absolute atomic E-state index is 5.51. The zero-order valence-electron chi connectivity index (χ0n) is 16.9. The molecule has 1 saturated heterocycles. The summed E-state index contributed by atoms with van der Waals surface area (Å²) in [5.41, 5.74) is 1.19. The van der Waals surface area contributed by atoms with E-state index in [2.05, 4.69) is 51.7 Å². The molecule has 0 aliphatic carbocycles. The molecule has 2 heterocycles. The van der Waals surface area contributed by atoms with Gasteiger partial charge >= 0.3 is 0 Å². The molecule has 0 amide bonds. The number of anilines is 1. The Hall–Kier alpha value is -1.48. The van der Waals surface area contributed by atoms with E-state index in [0.29, 0.717) is 5.92 Å². The maximum Gasteiger partial charge on any atom is 0.191 e. The number of aryl methyl sites for hydroxylation is 1. The smallest absolute Gasteiger partial charge is 0.191 e. The number of rotatable bonds is 7. The summed E-state index contributed by atoms with van der Waals surface area (Å²) in [4.78, 5) is 9.55. The third-order valence-electron chi connectivity index (χ3n) is 4.99. The molecule has 1 atom stereocenters. The normalized spacial score (nSPS) is 16.6. The molecule has 5 nitrogen and oxygen atoms in total. The van der Waals surface area contributed by atoms with Crippen LogP contribution < -0.4 is 20.3 Å². The van der Waals surface area contributed by atoms with Gasteiger partial charge in [-0.25, -0.2) is 0 Å². The van der Waals surface area contributed by atoms with Crippen LogP contribution in [0, 0.1) is 5.92 Å². The first-order valence-corrected chi connectivity index (χ1v) is 10.4. The molecule has 154 valence electrons. The minimum Gasteiger partial charge on any atom is -0.495 e. The third kappa shape index (κ3) is 6.01. The third-order valence-corrected chi connectivity index (χ3v) is 6.22. The second-order valence-electron chi connectivity index (χ2n) is 6.80. The highest BCUT2D eigenvalue weighted by Gasteiger charge is 2.24. The fourth-order valence-corrected chi connectivity index (χ4v) is 4.35. The number of nitrogens with one attached hydrogen (secondary N) is 2. The largest absolute Gasteiger partial charge is 0.495 e. The van der Waals surface area contributed by atoms with Gasteiger partial charge in [-0.15, -0.1) is 35.3 Å². The lowest BCUT2D eigenvalue weighted by molar-refractivity contribution is 0.414. The van der Waals surface area contributed by atoms with Crippen molar-refractivity contribution in [2.24, 2.45) is 10.9 Å². The van der Waals surface area contributed by atoms with Crippen molar-refractivity contribution in [2.45, 2.75) is 26.3 Å². The van der Waals surface area contributed by atoms with Crippen LogP contribution in [0.4, 0.5) is 5.69 Å². The molecule has 0 spiro atoms. The number of para-hydroxylation sites is 2. The standard InChI is InChI=1S/C21H30N4OS.HI/c1-4-17-9-10-18(27-17)14-24-21(22-2)23-13-16-11-12-25(15-16)19-7-5-6-8-20(19)26-3;/h5-10,16H,4,11-15H2,1-3H3,(H2,22,23,24);1H. The zero-order valence-corrected chi connectivity index (χ0v) is 20.1. The second-order valence-corrected chi connectivity index (χ2v) is 8.05. The molecule has 1 fully saturated rings. The van der Waals surface area contributed by atoms with Crippen molar-refractivity contribution in [3.05, 3.63) is 46.2 Å². The van der Waals surface area contributed by atoms with Crippen LogP contribution in [0.3, 0.4) is 0 Å². The van der Waals surface area contributed by atoms with Gasteiger partial charge in [0, 0.05) is 36.4 Å². The van der Waals surface area contributed by atoms with E-state index in [0.717, 1.165) is 44.3 Å². The summed E-state index contributed by atoms with van der Waals surface area (Å²) < 4.78 is 5.51. The summed E-state index contributed by atoms with van der Waals surface area (Å²) in [6, 6.07) is 12.7. The van der Waals surface area contributed by atoms with Gasteiger partial charge in [-0.1, -0.05) is 19.1 Å². The van der Waals surface area contributed by atoms with E-state index in [-0.39, 0.29) is 24.0 Å². The highest BCUT2D eigenvalue weighted by atomic mass is 127. The van der Waals surface area contributed by atoms with E-state index in [4.69, 9.17) is 4.74 Å². The molecule has 2 aromatic rings. The lowest BCUT2D eigenvalue weighted by Gasteiger charge is -2.21. The van der Waals surface area contributed by atoms with Crippen LogP contribution in [0.15, 0.2) is 41.4 Å². The first kappa shape index (κ1) is 22.8. The van der Waals surface area contributed by atoms with Crippen molar-refractivity contribution in [3.63, 3.8) is 0 Å². The molecule has 28 heavy (non-hydrogen) atoms. The molecule has 1 aromatic carbocycles. The molecule has 0 saturated carbocycles.